The highest BCUT2D eigenvalue weighted by molar-refractivity contribution is 6.33. The number of ether oxygens (including phenoxy) is 1. The van der Waals surface area contributed by atoms with Crippen LogP contribution >= 0.6 is 11.6 Å². The molecule has 1 heterocycles. The average molecular weight is 252 g/mol. The summed E-state index contributed by atoms with van der Waals surface area (Å²) < 4.78 is 6.88. The Hall–Kier alpha value is -1.68. The van der Waals surface area contributed by atoms with Crippen molar-refractivity contribution in [3.05, 3.63) is 28.8 Å². The maximum absolute atomic E-state index is 6.21. The van der Waals surface area contributed by atoms with Gasteiger partial charge in [-0.05, 0) is 24.6 Å². The fourth-order valence-corrected chi connectivity index (χ4v) is 2.00. The maximum Gasteiger partial charge on any atom is 0.122 e. The highest BCUT2D eigenvalue weighted by Crippen LogP contribution is 2.33. The number of methoxy groups -OCH3 is 1. The lowest BCUT2D eigenvalue weighted by atomic mass is 10.1. The summed E-state index contributed by atoms with van der Waals surface area (Å²) in [5.41, 5.74) is 8.31. The van der Waals surface area contributed by atoms with E-state index in [2.05, 4.69) is 5.10 Å². The third-order valence-corrected chi connectivity index (χ3v) is 2.99. The number of nitrogen functional groups attached to an aromatic ring is 1. The Bertz CT molecular complexity index is 544. The zero-order valence-electron chi connectivity index (χ0n) is 9.99. The molecule has 17 heavy (non-hydrogen) atoms. The summed E-state index contributed by atoms with van der Waals surface area (Å²) in [7, 11) is 3.42. The molecule has 2 aromatic rings. The van der Waals surface area contributed by atoms with Crippen molar-refractivity contribution in [1.29, 1.82) is 0 Å². The van der Waals surface area contributed by atoms with Crippen molar-refractivity contribution >= 4 is 17.4 Å². The number of anilines is 1. The van der Waals surface area contributed by atoms with Crippen LogP contribution in [0.25, 0.3) is 11.3 Å². The minimum Gasteiger partial charge on any atom is -0.496 e. The second-order valence-electron chi connectivity index (χ2n) is 3.88. The van der Waals surface area contributed by atoms with Crippen LogP contribution in [0.3, 0.4) is 0 Å². The third kappa shape index (κ3) is 2.08. The molecule has 0 saturated heterocycles. The topological polar surface area (TPSA) is 53.1 Å². The van der Waals surface area contributed by atoms with Gasteiger partial charge in [0.15, 0.2) is 0 Å². The van der Waals surface area contributed by atoms with Crippen molar-refractivity contribution in [1.82, 2.24) is 9.78 Å². The Balaban J connectivity index is 2.58. The predicted octanol–water partition coefficient (Wildman–Crippen LogP) is 2.64. The summed E-state index contributed by atoms with van der Waals surface area (Å²) >= 11 is 6.21. The van der Waals surface area contributed by atoms with Crippen LogP contribution in [0, 0.1) is 6.92 Å². The zero-order valence-corrected chi connectivity index (χ0v) is 10.7. The minimum atomic E-state index is 0.593. The summed E-state index contributed by atoms with van der Waals surface area (Å²) in [5, 5.41) is 4.94. The Morgan fingerprint density at radius 2 is 2.06 bits per heavy atom. The lowest BCUT2D eigenvalue weighted by molar-refractivity contribution is 0.412. The molecule has 2 N–H and O–H groups in total. The molecule has 0 amide bonds. The first-order valence-electron chi connectivity index (χ1n) is 5.17. The van der Waals surface area contributed by atoms with Crippen LogP contribution in [0.5, 0.6) is 5.75 Å². The van der Waals surface area contributed by atoms with E-state index in [-0.39, 0.29) is 0 Å². The van der Waals surface area contributed by atoms with E-state index in [1.807, 2.05) is 19.1 Å². The molecule has 1 aromatic heterocycles. The molecule has 5 heteroatoms. The largest absolute Gasteiger partial charge is 0.496 e. The van der Waals surface area contributed by atoms with E-state index in [0.717, 1.165) is 22.6 Å². The number of aryl methyl sites for hydroxylation is 2. The van der Waals surface area contributed by atoms with E-state index in [9.17, 15) is 0 Å². The van der Waals surface area contributed by atoms with Crippen molar-refractivity contribution in [2.24, 2.45) is 7.05 Å². The van der Waals surface area contributed by atoms with Gasteiger partial charge in [-0.25, -0.2) is 0 Å². The summed E-state index contributed by atoms with van der Waals surface area (Å²) in [4.78, 5) is 0. The third-order valence-electron chi connectivity index (χ3n) is 2.68. The molecule has 0 spiro atoms. The highest BCUT2D eigenvalue weighted by atomic mass is 35.5. The number of nitrogens with zero attached hydrogens (tertiary/aromatic N) is 2. The quantitative estimate of drug-likeness (QED) is 0.893. The van der Waals surface area contributed by atoms with Gasteiger partial charge >= 0.3 is 0 Å². The fourth-order valence-electron chi connectivity index (χ4n) is 1.68. The lowest BCUT2D eigenvalue weighted by Crippen LogP contribution is -1.96. The van der Waals surface area contributed by atoms with Gasteiger partial charge in [0.2, 0.25) is 0 Å². The van der Waals surface area contributed by atoms with E-state index in [1.165, 1.54) is 0 Å². The molecule has 0 radical (unpaired) electrons. The number of benzene rings is 1. The van der Waals surface area contributed by atoms with Crippen molar-refractivity contribution < 1.29 is 4.74 Å². The van der Waals surface area contributed by atoms with Gasteiger partial charge in [0, 0.05) is 18.7 Å². The molecule has 4 nitrogen and oxygen atoms in total. The molecular weight excluding hydrogens is 238 g/mol. The second-order valence-corrected chi connectivity index (χ2v) is 4.29. The molecule has 0 aliphatic rings. The average Bonchev–Trinajstić information content (AvgIpc) is 2.59. The van der Waals surface area contributed by atoms with E-state index in [4.69, 9.17) is 22.1 Å². The van der Waals surface area contributed by atoms with Crippen molar-refractivity contribution in [2.75, 3.05) is 12.8 Å². The van der Waals surface area contributed by atoms with Gasteiger partial charge in [-0.15, -0.1) is 0 Å². The van der Waals surface area contributed by atoms with Gasteiger partial charge in [-0.2, -0.15) is 5.10 Å². The number of nitrogens with two attached hydrogens (primary N) is 1. The highest BCUT2D eigenvalue weighted by Gasteiger charge is 2.12. The van der Waals surface area contributed by atoms with E-state index in [1.54, 1.807) is 24.9 Å². The molecule has 0 unspecified atom stereocenters. The smallest absolute Gasteiger partial charge is 0.122 e. The molecule has 0 aliphatic carbocycles. The molecule has 0 fully saturated rings. The summed E-state index contributed by atoms with van der Waals surface area (Å²) in [6, 6.07) is 5.52. The van der Waals surface area contributed by atoms with Crippen LogP contribution < -0.4 is 10.5 Å². The number of halogens is 1. The molecule has 2 rings (SSSR count). The Labute approximate surface area is 105 Å². The van der Waals surface area contributed by atoms with Gasteiger partial charge in [-0.3, -0.25) is 4.68 Å². The van der Waals surface area contributed by atoms with Gasteiger partial charge < -0.3 is 10.5 Å². The number of hydrogen-bond donors (Lipinski definition) is 1. The van der Waals surface area contributed by atoms with Crippen LogP contribution in [0.1, 0.15) is 5.56 Å². The maximum atomic E-state index is 6.21. The van der Waals surface area contributed by atoms with Crippen molar-refractivity contribution in [3.8, 4) is 17.0 Å². The van der Waals surface area contributed by atoms with Crippen molar-refractivity contribution in [2.45, 2.75) is 6.92 Å². The lowest BCUT2D eigenvalue weighted by Gasteiger charge is -2.08. The molecule has 90 valence electrons. The van der Waals surface area contributed by atoms with Crippen LogP contribution in [-0.2, 0) is 7.05 Å². The Kier molecular flexibility index (Phi) is 2.98. The molecule has 0 aliphatic heterocycles. The first-order chi connectivity index (χ1) is 8.02. The van der Waals surface area contributed by atoms with Crippen molar-refractivity contribution in [3.63, 3.8) is 0 Å². The summed E-state index contributed by atoms with van der Waals surface area (Å²) in [6.07, 6.45) is 0. The second kappa shape index (κ2) is 4.30. The Morgan fingerprint density at radius 3 is 2.59 bits per heavy atom. The fraction of sp³-hybridized carbons (Fsp3) is 0.250. The first-order valence-corrected chi connectivity index (χ1v) is 5.54. The van der Waals surface area contributed by atoms with Gasteiger partial charge in [-0.1, -0.05) is 11.6 Å². The van der Waals surface area contributed by atoms with Gasteiger partial charge in [0.1, 0.15) is 11.6 Å². The van der Waals surface area contributed by atoms with Gasteiger partial charge in [0.25, 0.3) is 0 Å². The van der Waals surface area contributed by atoms with Crippen LogP contribution in [0.4, 0.5) is 5.82 Å². The number of aromatic nitrogens is 2. The summed E-state index contributed by atoms with van der Waals surface area (Å²) in [6.45, 7) is 1.95. The van der Waals surface area contributed by atoms with Gasteiger partial charge in [0.05, 0.1) is 17.8 Å². The van der Waals surface area contributed by atoms with Crippen LogP contribution in [-0.4, -0.2) is 16.9 Å². The van der Waals surface area contributed by atoms with Crippen LogP contribution in [0.15, 0.2) is 18.2 Å². The van der Waals surface area contributed by atoms with E-state index < -0.39 is 0 Å². The number of hydrogen-bond acceptors (Lipinski definition) is 3. The number of rotatable bonds is 2. The standard InChI is InChI=1S/C12H14ClN3O/c1-7-4-9(13)8(5-11(7)17-3)10-6-12(14)16(2)15-10/h4-6H,14H2,1-3H3. The Morgan fingerprint density at radius 1 is 1.35 bits per heavy atom. The monoisotopic (exact) mass is 251 g/mol. The van der Waals surface area contributed by atoms with E-state index >= 15 is 0 Å². The zero-order chi connectivity index (χ0) is 12.6. The SMILES string of the molecule is COc1cc(-c2cc(N)n(C)n2)c(Cl)cc1C. The minimum absolute atomic E-state index is 0.593. The molecular formula is C12H14ClN3O. The molecule has 0 bridgehead atoms. The molecule has 0 saturated carbocycles. The van der Waals surface area contributed by atoms with E-state index in [0.29, 0.717) is 10.8 Å². The predicted molar refractivity (Wildman–Crippen MR) is 69.4 cm³/mol. The molecule has 1 aromatic carbocycles. The first kappa shape index (κ1) is 11.8. The summed E-state index contributed by atoms with van der Waals surface area (Å²) in [5.74, 6) is 1.38. The molecule has 0 atom stereocenters. The van der Waals surface area contributed by atoms with Crippen LogP contribution in [0.2, 0.25) is 5.02 Å². The normalized spacial score (nSPS) is 10.6.